The summed E-state index contributed by atoms with van der Waals surface area (Å²) < 4.78 is 174. The fourth-order valence-corrected chi connectivity index (χ4v) is 11.1. The standard InChI is InChI=1S/C68H106F5N11O30/c1-43(85)74-61-65(95)64(94)51(113-67(61)96)39-107-12-4-46-36-84(81-78-46)9-17-101-22-25-104-28-31-110-42-68(75-52(88)5-13-97-18-19-98-14-6-53(89)114-66-59(72)57(70)56(69)58(71)60(66)73,40-108-29-26-102-23-20-99-15-7-82-34-44(76-79-82)2-10-105-37-49-62(92)47(86)32-54(90)111-49)41-109-30-27-103-24-21-100-16-8-83-35-45(77-80-83)3-11-106-38-50-63(93)48(87)33-55(91)112-50/h34-36,47-51,54-55,61-65,67,86-87,90-96H,2-33,37-42H2,1H3,(H,74,85)(H,75,88)/t47-,48-,49-,50-,51-,54-,55-,61-,62-,63-,64+,65-,67-/m1/s1. The number of esters is 1. The van der Waals surface area contributed by atoms with Crippen molar-refractivity contribution in [2.24, 2.45) is 0 Å². The van der Waals surface area contributed by atoms with Crippen molar-refractivity contribution in [3.05, 3.63) is 64.8 Å². The van der Waals surface area contributed by atoms with Crippen molar-refractivity contribution >= 4 is 17.8 Å². The Morgan fingerprint density at radius 2 is 0.772 bits per heavy atom. The molecule has 0 spiro atoms. The highest BCUT2D eigenvalue weighted by molar-refractivity contribution is 5.77. The summed E-state index contributed by atoms with van der Waals surface area (Å²) in [6.45, 7) is 3.78. The molecule has 13 atom stereocenters. The zero-order chi connectivity index (χ0) is 82.0. The largest absolute Gasteiger partial charge is 0.420 e. The Morgan fingerprint density at radius 3 is 1.16 bits per heavy atom. The molecular formula is C68H106F5N11O30. The van der Waals surface area contributed by atoms with Gasteiger partial charge in [-0.2, -0.15) is 8.78 Å². The maximum absolute atomic E-state index is 14.0. The van der Waals surface area contributed by atoms with E-state index in [1.54, 1.807) is 32.6 Å². The maximum atomic E-state index is 14.0. The van der Waals surface area contributed by atoms with Gasteiger partial charge in [0.2, 0.25) is 46.6 Å². The molecule has 648 valence electrons. The van der Waals surface area contributed by atoms with Gasteiger partial charge < -0.3 is 142 Å². The van der Waals surface area contributed by atoms with Gasteiger partial charge in [0.1, 0.15) is 54.3 Å². The van der Waals surface area contributed by atoms with Crippen LogP contribution < -0.4 is 15.4 Å². The lowest BCUT2D eigenvalue weighted by Crippen LogP contribution is -2.64. The van der Waals surface area contributed by atoms with Gasteiger partial charge in [-0.3, -0.25) is 14.4 Å². The fraction of sp³-hybridized carbons (Fsp3) is 0.779. The predicted molar refractivity (Wildman–Crippen MR) is 370 cm³/mol. The van der Waals surface area contributed by atoms with Gasteiger partial charge in [0.05, 0.1) is 240 Å². The van der Waals surface area contributed by atoms with E-state index in [2.05, 4.69) is 46.3 Å². The van der Waals surface area contributed by atoms with Crippen LogP contribution in [0.25, 0.3) is 0 Å². The molecule has 46 heteroatoms. The van der Waals surface area contributed by atoms with Gasteiger partial charge in [-0.15, -0.1) is 15.3 Å². The third-order valence-corrected chi connectivity index (χ3v) is 17.1. The van der Waals surface area contributed by atoms with Gasteiger partial charge in [-0.1, -0.05) is 15.6 Å². The summed E-state index contributed by atoms with van der Waals surface area (Å²) in [7, 11) is 0. The zero-order valence-corrected chi connectivity index (χ0v) is 63.1. The van der Waals surface area contributed by atoms with Gasteiger partial charge in [-0.25, -0.2) is 27.2 Å². The Bertz CT molecular complexity index is 3240. The second-order valence-corrected chi connectivity index (χ2v) is 26.3. The third kappa shape index (κ3) is 34.3. The molecule has 11 N–H and O–H groups in total. The molecule has 3 aliphatic heterocycles. The number of aliphatic hydroxyl groups excluding tert-OH is 9. The van der Waals surface area contributed by atoms with Crippen molar-refractivity contribution in [3.8, 4) is 5.75 Å². The molecule has 0 bridgehead atoms. The Balaban J connectivity index is 0.842. The van der Waals surface area contributed by atoms with Gasteiger partial charge in [0.25, 0.3) is 0 Å². The number of nitrogens with zero attached hydrogens (tertiary/aromatic N) is 9. The van der Waals surface area contributed by atoms with E-state index in [1.807, 2.05) is 0 Å². The SMILES string of the molecule is CC(=O)N[C@@H]1[C@@H](O)[C@@H](O)[C@@H](COCCc2cn(CCOCCOCCOCC(COCCOCCOCCn3cc(CCOC[C@H]4O[C@@H](O)C[C@@H](O)[C@H]4O)nn3)(COCCOCCOCCn3cc(CCOC[C@H]4O[C@@H](O)C[C@@H](O)[C@H]4O)nn3)NC(=O)CCOCCOCCC(=O)Oc3c(F)c(F)c(F)c(F)c3F)nn2)O[C@H]1O. The van der Waals surface area contributed by atoms with E-state index in [0.29, 0.717) is 56.0 Å². The molecule has 7 rings (SSSR count). The van der Waals surface area contributed by atoms with E-state index < -0.39 is 151 Å². The molecule has 114 heavy (non-hydrogen) atoms. The summed E-state index contributed by atoms with van der Waals surface area (Å²) in [6.07, 6.45) is -9.11. The first kappa shape index (κ1) is 94.8. The number of benzene rings is 1. The minimum Gasteiger partial charge on any atom is -0.420 e. The van der Waals surface area contributed by atoms with Gasteiger partial charge >= 0.3 is 5.97 Å². The topological polar surface area (TPSA) is 516 Å². The number of carbonyl (C=O) groups excluding carboxylic acids is 3. The van der Waals surface area contributed by atoms with Crippen molar-refractivity contribution in [1.82, 2.24) is 55.6 Å². The van der Waals surface area contributed by atoms with Gasteiger partial charge in [0, 0.05) is 64.0 Å². The summed E-state index contributed by atoms with van der Waals surface area (Å²) in [5, 5.41) is 121. The first-order valence-corrected chi connectivity index (χ1v) is 37.1. The molecule has 3 fully saturated rings. The van der Waals surface area contributed by atoms with Crippen LogP contribution in [0.5, 0.6) is 5.75 Å². The highest BCUT2D eigenvalue weighted by Crippen LogP contribution is 2.30. The van der Waals surface area contributed by atoms with Crippen LogP contribution in [-0.2, 0) is 134 Å². The second kappa shape index (κ2) is 52.5. The lowest BCUT2D eigenvalue weighted by Gasteiger charge is -2.40. The van der Waals surface area contributed by atoms with Crippen molar-refractivity contribution < 1.29 is 168 Å². The normalized spacial score (nSPS) is 22.7. The minimum absolute atomic E-state index is 0.0383. The number of hydrogen-bond donors (Lipinski definition) is 11. The lowest BCUT2D eigenvalue weighted by atomic mass is 9.97. The van der Waals surface area contributed by atoms with E-state index in [1.165, 1.54) is 6.92 Å². The second-order valence-electron chi connectivity index (χ2n) is 26.3. The van der Waals surface area contributed by atoms with Crippen LogP contribution in [0.1, 0.15) is 49.7 Å². The average Bonchev–Trinajstić information content (AvgIpc) is 0.937. The molecule has 3 saturated heterocycles. The quantitative estimate of drug-likeness (QED) is 0.00494. The van der Waals surface area contributed by atoms with E-state index in [9.17, 15) is 82.3 Å². The Kier molecular flexibility index (Phi) is 43.6. The number of ether oxygens (including phenoxy) is 18. The van der Waals surface area contributed by atoms with Crippen molar-refractivity contribution in [2.75, 3.05) is 185 Å². The zero-order valence-electron chi connectivity index (χ0n) is 63.1. The average molecular weight is 1650 g/mol. The number of carbonyl (C=O) groups is 3. The molecule has 3 aromatic heterocycles. The molecule has 6 heterocycles. The Labute approximate surface area is 651 Å². The van der Waals surface area contributed by atoms with Crippen molar-refractivity contribution in [3.63, 3.8) is 0 Å². The molecule has 0 saturated carbocycles. The van der Waals surface area contributed by atoms with Crippen LogP contribution in [0, 0.1) is 29.1 Å². The maximum Gasteiger partial charge on any atom is 0.313 e. The van der Waals surface area contributed by atoms with Crippen LogP contribution in [0.4, 0.5) is 22.0 Å². The summed E-state index contributed by atoms with van der Waals surface area (Å²) in [5.74, 6) is -15.8. The lowest BCUT2D eigenvalue weighted by molar-refractivity contribution is -0.256. The number of aromatic nitrogens is 9. The van der Waals surface area contributed by atoms with E-state index in [4.69, 9.17) is 80.5 Å². The summed E-state index contributed by atoms with van der Waals surface area (Å²) in [6, 6.07) is -1.21. The molecule has 1 aromatic carbocycles. The number of nitrogens with one attached hydrogen (secondary N) is 2. The number of aliphatic hydroxyl groups is 9. The molecule has 2 amide bonds. The van der Waals surface area contributed by atoms with Gasteiger partial charge in [0.15, 0.2) is 18.9 Å². The highest BCUT2D eigenvalue weighted by Gasteiger charge is 2.45. The fourth-order valence-electron chi connectivity index (χ4n) is 11.1. The molecule has 4 aromatic rings. The van der Waals surface area contributed by atoms with Crippen molar-refractivity contribution in [2.45, 2.75) is 157 Å². The van der Waals surface area contributed by atoms with Crippen LogP contribution >= 0.6 is 0 Å². The molecule has 41 nitrogen and oxygen atoms in total. The van der Waals surface area contributed by atoms with E-state index in [0.717, 1.165) is 0 Å². The predicted octanol–water partition coefficient (Wildman–Crippen LogP) is -4.74. The van der Waals surface area contributed by atoms with Crippen LogP contribution in [0.2, 0.25) is 0 Å². The Morgan fingerprint density at radius 1 is 0.430 bits per heavy atom. The summed E-state index contributed by atoms with van der Waals surface area (Å²) in [5.41, 5.74) is 0.514. The minimum atomic E-state index is -2.42. The monoisotopic (exact) mass is 1650 g/mol. The molecular weight excluding hydrogens is 1550 g/mol. The third-order valence-electron chi connectivity index (χ3n) is 17.1. The smallest absolute Gasteiger partial charge is 0.313 e. The summed E-state index contributed by atoms with van der Waals surface area (Å²) in [4.78, 5) is 37.4. The molecule has 3 aliphatic rings. The van der Waals surface area contributed by atoms with E-state index >= 15 is 0 Å². The number of rotatable bonds is 60. The van der Waals surface area contributed by atoms with Crippen LogP contribution in [0.3, 0.4) is 0 Å². The van der Waals surface area contributed by atoms with E-state index in [-0.39, 0.29) is 198 Å². The first-order valence-electron chi connectivity index (χ1n) is 37.1. The highest BCUT2D eigenvalue weighted by atomic mass is 19.2. The molecule has 0 unspecified atom stereocenters. The number of hydrogen-bond acceptors (Lipinski definition) is 36. The first-order chi connectivity index (χ1) is 55.0. The number of halogens is 5. The van der Waals surface area contributed by atoms with Crippen LogP contribution in [0.15, 0.2) is 18.6 Å². The molecule has 0 radical (unpaired) electrons. The van der Waals surface area contributed by atoms with Crippen molar-refractivity contribution in [1.29, 1.82) is 0 Å². The van der Waals surface area contributed by atoms with Gasteiger partial charge in [-0.05, 0) is 0 Å². The van der Waals surface area contributed by atoms with Crippen LogP contribution in [-0.4, -0.2) is 379 Å². The number of amides is 2. The summed E-state index contributed by atoms with van der Waals surface area (Å²) >= 11 is 0. The molecule has 0 aliphatic carbocycles. The Hall–Kier alpha value is -6.34.